The smallest absolute Gasteiger partial charge is 0.395 e. The number of hydrogen-bond donors (Lipinski definition) is 1. The quantitative estimate of drug-likeness (QED) is 0.578. The maximum atomic E-state index is 12.2. The van der Waals surface area contributed by atoms with E-state index in [1.165, 1.54) is 5.56 Å². The zero-order valence-corrected chi connectivity index (χ0v) is 15.6. The van der Waals surface area contributed by atoms with Gasteiger partial charge in [-0.1, -0.05) is 74.5 Å². The summed E-state index contributed by atoms with van der Waals surface area (Å²) in [7, 11) is -4.25. The number of phosphoric ester groups is 1. The third-order valence-corrected chi connectivity index (χ3v) is 5.14. The van der Waals surface area contributed by atoms with Crippen LogP contribution in [0.1, 0.15) is 25.0 Å². The first-order valence-electron chi connectivity index (χ1n) is 8.30. The van der Waals surface area contributed by atoms with E-state index in [0.717, 1.165) is 5.56 Å². The second-order valence-electron chi connectivity index (χ2n) is 6.48. The van der Waals surface area contributed by atoms with Crippen molar-refractivity contribution in [3.63, 3.8) is 0 Å². The topological polar surface area (TPSA) is 55.8 Å². The van der Waals surface area contributed by atoms with Gasteiger partial charge in [0, 0.05) is 5.41 Å². The van der Waals surface area contributed by atoms with Crippen LogP contribution in [0.2, 0.25) is 0 Å². The maximum Gasteiger partial charge on any atom is 0.584 e. The highest BCUT2D eigenvalue weighted by atomic mass is 31.2. The monoisotopic (exact) mass is 368 g/mol. The zero-order valence-electron chi connectivity index (χ0n) is 14.7. The van der Waals surface area contributed by atoms with Gasteiger partial charge in [-0.15, -0.1) is 0 Å². The lowest BCUT2D eigenvalue weighted by Gasteiger charge is -2.26. The first kappa shape index (κ1) is 18.2. The summed E-state index contributed by atoms with van der Waals surface area (Å²) in [4.78, 5) is 9.94. The van der Waals surface area contributed by atoms with Gasteiger partial charge in [0.25, 0.3) is 0 Å². The summed E-state index contributed by atoms with van der Waals surface area (Å²) >= 11 is 0. The molecular formula is C21H21O4P. The molecule has 3 aromatic carbocycles. The average molecular weight is 368 g/mol. The van der Waals surface area contributed by atoms with Crippen LogP contribution in [-0.4, -0.2) is 4.89 Å². The molecule has 0 radical (unpaired) electrons. The first-order chi connectivity index (χ1) is 12.4. The van der Waals surface area contributed by atoms with Crippen LogP contribution < -0.4 is 9.05 Å². The Morgan fingerprint density at radius 2 is 1.12 bits per heavy atom. The highest BCUT2D eigenvalue weighted by Gasteiger charge is 2.26. The van der Waals surface area contributed by atoms with Crippen LogP contribution in [0.15, 0.2) is 84.9 Å². The van der Waals surface area contributed by atoms with E-state index in [1.807, 2.05) is 30.3 Å². The predicted molar refractivity (Wildman–Crippen MR) is 103 cm³/mol. The van der Waals surface area contributed by atoms with Gasteiger partial charge in [0.2, 0.25) is 0 Å². The standard InChI is InChI=1S/C21H21O4P/c1-21(2,17-9-5-3-6-10-17)18-13-15-20(16-14-18)25-26(22,23)24-19-11-7-4-8-12-19/h3-16H,1-2H3,(H,22,23). The van der Waals surface area contributed by atoms with Gasteiger partial charge in [-0.05, 0) is 35.4 Å². The van der Waals surface area contributed by atoms with Crippen LogP contribution in [0.25, 0.3) is 0 Å². The molecule has 0 amide bonds. The predicted octanol–water partition coefficient (Wildman–Crippen LogP) is 5.57. The Morgan fingerprint density at radius 1 is 0.692 bits per heavy atom. The molecule has 1 unspecified atom stereocenters. The van der Waals surface area contributed by atoms with E-state index in [4.69, 9.17) is 9.05 Å². The number of hydrogen-bond acceptors (Lipinski definition) is 3. The molecule has 26 heavy (non-hydrogen) atoms. The maximum absolute atomic E-state index is 12.2. The van der Waals surface area contributed by atoms with Gasteiger partial charge < -0.3 is 9.05 Å². The molecule has 0 aliphatic rings. The van der Waals surface area contributed by atoms with Gasteiger partial charge in [0.15, 0.2) is 0 Å². The van der Waals surface area contributed by atoms with Crippen LogP contribution in [0.3, 0.4) is 0 Å². The van der Waals surface area contributed by atoms with E-state index in [1.54, 1.807) is 42.5 Å². The summed E-state index contributed by atoms with van der Waals surface area (Å²) in [6.07, 6.45) is 0. The Kier molecular flexibility index (Phi) is 5.17. The number of benzene rings is 3. The molecule has 0 aliphatic carbocycles. The molecule has 1 atom stereocenters. The molecule has 0 saturated heterocycles. The van der Waals surface area contributed by atoms with Crippen molar-refractivity contribution >= 4 is 7.82 Å². The fourth-order valence-corrected chi connectivity index (χ4v) is 3.53. The molecule has 0 saturated carbocycles. The minimum Gasteiger partial charge on any atom is -0.395 e. The lowest BCUT2D eigenvalue weighted by Crippen LogP contribution is -2.18. The molecule has 3 rings (SSSR count). The second-order valence-corrected chi connectivity index (χ2v) is 7.78. The minimum absolute atomic E-state index is 0.191. The van der Waals surface area contributed by atoms with Crippen LogP contribution in [0, 0.1) is 0 Å². The molecular weight excluding hydrogens is 347 g/mol. The summed E-state index contributed by atoms with van der Waals surface area (Å²) < 4.78 is 22.4. The van der Waals surface area contributed by atoms with Crippen molar-refractivity contribution in [3.05, 3.63) is 96.1 Å². The molecule has 3 aromatic rings. The van der Waals surface area contributed by atoms with Gasteiger partial charge in [-0.2, -0.15) is 0 Å². The molecule has 4 nitrogen and oxygen atoms in total. The molecule has 5 heteroatoms. The van der Waals surface area contributed by atoms with E-state index < -0.39 is 7.82 Å². The summed E-state index contributed by atoms with van der Waals surface area (Å²) in [5.74, 6) is 0.555. The van der Waals surface area contributed by atoms with Gasteiger partial charge in [-0.25, -0.2) is 4.57 Å². The van der Waals surface area contributed by atoms with Crippen molar-refractivity contribution < 1.29 is 18.5 Å². The third kappa shape index (κ3) is 4.34. The van der Waals surface area contributed by atoms with E-state index in [-0.39, 0.29) is 16.9 Å². The van der Waals surface area contributed by atoms with E-state index in [2.05, 4.69) is 26.0 Å². The van der Waals surface area contributed by atoms with Crippen molar-refractivity contribution in [3.8, 4) is 11.5 Å². The van der Waals surface area contributed by atoms with Crippen molar-refractivity contribution in [2.75, 3.05) is 0 Å². The number of rotatable bonds is 6. The lowest BCUT2D eigenvalue weighted by atomic mass is 9.78. The van der Waals surface area contributed by atoms with E-state index in [9.17, 15) is 9.46 Å². The molecule has 0 aliphatic heterocycles. The normalized spacial score (nSPS) is 13.7. The largest absolute Gasteiger partial charge is 0.584 e. The van der Waals surface area contributed by atoms with Gasteiger partial charge >= 0.3 is 7.82 Å². The SMILES string of the molecule is CC(C)(c1ccccc1)c1ccc(OP(=O)(O)Oc2ccccc2)cc1. The van der Waals surface area contributed by atoms with Gasteiger partial charge in [0.05, 0.1) is 0 Å². The summed E-state index contributed by atoms with van der Waals surface area (Å²) in [5, 5.41) is 0. The Hall–Kier alpha value is -2.55. The first-order valence-corrected chi connectivity index (χ1v) is 9.79. The Morgan fingerprint density at radius 3 is 1.65 bits per heavy atom. The minimum atomic E-state index is -4.25. The molecule has 0 heterocycles. The van der Waals surface area contributed by atoms with E-state index >= 15 is 0 Å². The average Bonchev–Trinajstić information content (AvgIpc) is 2.63. The van der Waals surface area contributed by atoms with Crippen LogP contribution in [-0.2, 0) is 9.98 Å². The summed E-state index contributed by atoms with van der Waals surface area (Å²) in [6, 6.07) is 25.7. The van der Waals surface area contributed by atoms with Crippen molar-refractivity contribution in [1.29, 1.82) is 0 Å². The third-order valence-electron chi connectivity index (χ3n) is 4.26. The number of phosphoric acid groups is 1. The van der Waals surface area contributed by atoms with Crippen LogP contribution >= 0.6 is 7.82 Å². The molecule has 0 aromatic heterocycles. The Bertz CT molecular complexity index is 890. The summed E-state index contributed by atoms with van der Waals surface area (Å²) in [6.45, 7) is 4.27. The molecule has 0 bridgehead atoms. The van der Waals surface area contributed by atoms with Gasteiger partial charge in [0.1, 0.15) is 11.5 Å². The highest BCUT2D eigenvalue weighted by Crippen LogP contribution is 2.44. The molecule has 134 valence electrons. The summed E-state index contributed by atoms with van der Waals surface area (Å²) in [5.41, 5.74) is 2.07. The van der Waals surface area contributed by atoms with Crippen molar-refractivity contribution in [1.82, 2.24) is 0 Å². The molecule has 0 fully saturated rings. The van der Waals surface area contributed by atoms with E-state index in [0.29, 0.717) is 0 Å². The lowest BCUT2D eigenvalue weighted by molar-refractivity contribution is 0.291. The van der Waals surface area contributed by atoms with Crippen molar-refractivity contribution in [2.45, 2.75) is 19.3 Å². The van der Waals surface area contributed by atoms with Crippen LogP contribution in [0.5, 0.6) is 11.5 Å². The number of para-hydroxylation sites is 1. The fraction of sp³-hybridized carbons (Fsp3) is 0.143. The molecule has 0 spiro atoms. The highest BCUT2D eigenvalue weighted by molar-refractivity contribution is 7.48. The Labute approximate surface area is 153 Å². The Balaban J connectivity index is 1.74. The second kappa shape index (κ2) is 7.36. The van der Waals surface area contributed by atoms with Gasteiger partial charge in [-0.3, -0.25) is 4.89 Å². The molecule has 1 N–H and O–H groups in total. The fourth-order valence-electron chi connectivity index (χ4n) is 2.72. The zero-order chi connectivity index (χ0) is 18.6. The van der Waals surface area contributed by atoms with Crippen molar-refractivity contribution in [2.24, 2.45) is 0 Å². The van der Waals surface area contributed by atoms with Crippen LogP contribution in [0.4, 0.5) is 0 Å².